The van der Waals surface area contributed by atoms with Crippen molar-refractivity contribution in [1.82, 2.24) is 4.90 Å². The van der Waals surface area contributed by atoms with Gasteiger partial charge in [0.15, 0.2) is 0 Å². The lowest BCUT2D eigenvalue weighted by atomic mass is 10.2. The monoisotopic (exact) mass is 297 g/mol. The van der Waals surface area contributed by atoms with Crippen molar-refractivity contribution in [3.05, 3.63) is 48.2 Å². The van der Waals surface area contributed by atoms with E-state index in [2.05, 4.69) is 13.8 Å². The molecule has 1 aromatic carbocycles. The normalized spacial score (nSPS) is 14.3. The molecule has 1 heterocycles. The van der Waals surface area contributed by atoms with Crippen molar-refractivity contribution < 1.29 is 9.21 Å². The van der Waals surface area contributed by atoms with Crippen LogP contribution in [0, 0.1) is 0 Å². The fourth-order valence-electron chi connectivity index (χ4n) is 2.90. The third-order valence-electron chi connectivity index (χ3n) is 4.09. The molecule has 3 nitrogen and oxygen atoms in total. The van der Waals surface area contributed by atoms with Gasteiger partial charge in [-0.2, -0.15) is 0 Å². The van der Waals surface area contributed by atoms with E-state index in [0.717, 1.165) is 29.9 Å². The van der Waals surface area contributed by atoms with Crippen molar-refractivity contribution in [1.29, 1.82) is 0 Å². The van der Waals surface area contributed by atoms with Gasteiger partial charge in [0.1, 0.15) is 11.5 Å². The van der Waals surface area contributed by atoms with Gasteiger partial charge >= 0.3 is 0 Å². The smallest absolute Gasteiger partial charge is 0.223 e. The van der Waals surface area contributed by atoms with Gasteiger partial charge < -0.3 is 9.32 Å². The second kappa shape index (κ2) is 6.39. The molecule has 22 heavy (non-hydrogen) atoms. The summed E-state index contributed by atoms with van der Waals surface area (Å²) in [6.07, 6.45) is 3.50. The van der Waals surface area contributed by atoms with Crippen LogP contribution in [0.4, 0.5) is 0 Å². The molecule has 0 unspecified atom stereocenters. The Kier molecular flexibility index (Phi) is 4.32. The van der Waals surface area contributed by atoms with E-state index >= 15 is 0 Å². The highest BCUT2D eigenvalue weighted by molar-refractivity contribution is 5.77. The minimum absolute atomic E-state index is 0.246. The zero-order valence-electron chi connectivity index (χ0n) is 13.3. The van der Waals surface area contributed by atoms with Gasteiger partial charge in [0.05, 0.1) is 0 Å². The predicted octanol–water partition coefficient (Wildman–Crippen LogP) is 4.28. The van der Waals surface area contributed by atoms with Crippen molar-refractivity contribution in [3.63, 3.8) is 0 Å². The number of aryl methyl sites for hydroxylation is 1. The van der Waals surface area contributed by atoms with Crippen molar-refractivity contribution in [2.24, 2.45) is 0 Å². The Balaban J connectivity index is 1.60. The lowest BCUT2D eigenvalue weighted by Crippen LogP contribution is -2.38. The van der Waals surface area contributed by atoms with Gasteiger partial charge in [-0.15, -0.1) is 0 Å². The van der Waals surface area contributed by atoms with Gasteiger partial charge in [-0.25, -0.2) is 0 Å². The molecule has 0 spiro atoms. The molecule has 1 amide bonds. The maximum absolute atomic E-state index is 12.4. The lowest BCUT2D eigenvalue weighted by Gasteiger charge is -2.26. The predicted molar refractivity (Wildman–Crippen MR) is 87.5 cm³/mol. The summed E-state index contributed by atoms with van der Waals surface area (Å²) in [5, 5.41) is 0. The minimum atomic E-state index is 0.246. The number of hydrogen-bond donors (Lipinski definition) is 0. The maximum Gasteiger partial charge on any atom is 0.223 e. The summed E-state index contributed by atoms with van der Waals surface area (Å²) >= 11 is 0. The van der Waals surface area contributed by atoms with E-state index in [4.69, 9.17) is 4.42 Å². The Bertz CT molecular complexity index is 624. The fourth-order valence-corrected chi connectivity index (χ4v) is 2.90. The van der Waals surface area contributed by atoms with Gasteiger partial charge in [-0.1, -0.05) is 30.3 Å². The molecular weight excluding hydrogens is 274 g/mol. The van der Waals surface area contributed by atoms with Gasteiger partial charge in [-0.3, -0.25) is 4.79 Å². The van der Waals surface area contributed by atoms with Gasteiger partial charge in [0, 0.05) is 30.5 Å². The van der Waals surface area contributed by atoms with Crippen LogP contribution in [0.1, 0.15) is 38.9 Å². The van der Waals surface area contributed by atoms with Crippen LogP contribution >= 0.6 is 0 Å². The minimum Gasteiger partial charge on any atom is -0.461 e. The van der Waals surface area contributed by atoms with Gasteiger partial charge in [0.2, 0.25) is 5.91 Å². The summed E-state index contributed by atoms with van der Waals surface area (Å²) in [5.41, 5.74) is 1.07. The summed E-state index contributed by atoms with van der Waals surface area (Å²) in [4.78, 5) is 14.4. The number of carbonyl (C=O) groups excluding carboxylic acids is 1. The molecule has 0 bridgehead atoms. The molecule has 1 fully saturated rings. The summed E-state index contributed by atoms with van der Waals surface area (Å²) in [6.45, 7) is 4.19. The molecule has 1 aliphatic rings. The van der Waals surface area contributed by atoms with E-state index in [9.17, 15) is 4.79 Å². The second-order valence-electron chi connectivity index (χ2n) is 6.26. The van der Waals surface area contributed by atoms with Crippen molar-refractivity contribution in [2.45, 2.75) is 51.6 Å². The van der Waals surface area contributed by atoms with Crippen LogP contribution in [-0.2, 0) is 11.2 Å². The van der Waals surface area contributed by atoms with Crippen molar-refractivity contribution in [3.8, 4) is 11.3 Å². The molecule has 1 aliphatic carbocycles. The number of rotatable bonds is 6. The van der Waals surface area contributed by atoms with E-state index in [0.29, 0.717) is 18.9 Å². The SMILES string of the molecule is CC(C)N(C(=O)CCc1ccc(-c2ccccc2)o1)C1CC1. The first-order valence-corrected chi connectivity index (χ1v) is 8.10. The number of amides is 1. The number of benzene rings is 1. The first-order valence-electron chi connectivity index (χ1n) is 8.10. The Morgan fingerprint density at radius 2 is 1.91 bits per heavy atom. The van der Waals surface area contributed by atoms with E-state index in [1.165, 1.54) is 0 Å². The Morgan fingerprint density at radius 3 is 2.55 bits per heavy atom. The molecule has 1 saturated carbocycles. The molecule has 0 saturated heterocycles. The molecule has 2 aromatic rings. The second-order valence-corrected chi connectivity index (χ2v) is 6.26. The van der Waals surface area contributed by atoms with Gasteiger partial charge in [0.25, 0.3) is 0 Å². The Labute approximate surface area is 131 Å². The lowest BCUT2D eigenvalue weighted by molar-refractivity contribution is -0.133. The average molecular weight is 297 g/mol. The zero-order valence-corrected chi connectivity index (χ0v) is 13.3. The fraction of sp³-hybridized carbons (Fsp3) is 0.421. The largest absolute Gasteiger partial charge is 0.461 e. The Morgan fingerprint density at radius 1 is 1.18 bits per heavy atom. The molecule has 116 valence electrons. The Hall–Kier alpha value is -2.03. The first kappa shape index (κ1) is 14.9. The van der Waals surface area contributed by atoms with E-state index in [1.807, 2.05) is 47.4 Å². The van der Waals surface area contributed by atoms with Crippen LogP contribution in [0.25, 0.3) is 11.3 Å². The summed E-state index contributed by atoms with van der Waals surface area (Å²) in [6, 6.07) is 14.8. The topological polar surface area (TPSA) is 33.5 Å². The van der Waals surface area contributed by atoms with Crippen LogP contribution in [0.5, 0.6) is 0 Å². The highest BCUT2D eigenvalue weighted by Crippen LogP contribution is 2.29. The summed E-state index contributed by atoms with van der Waals surface area (Å²) in [5.74, 6) is 1.99. The zero-order chi connectivity index (χ0) is 15.5. The molecule has 3 heteroatoms. The first-order chi connectivity index (χ1) is 10.6. The van der Waals surface area contributed by atoms with Crippen LogP contribution in [0.2, 0.25) is 0 Å². The van der Waals surface area contributed by atoms with Gasteiger partial charge in [-0.05, 0) is 38.8 Å². The summed E-state index contributed by atoms with van der Waals surface area (Å²) < 4.78 is 5.87. The standard InChI is InChI=1S/C19H23NO2/c1-14(2)20(16-8-9-16)19(21)13-11-17-10-12-18(22-17)15-6-4-3-5-7-15/h3-7,10,12,14,16H,8-9,11,13H2,1-2H3. The van der Waals surface area contributed by atoms with Crippen LogP contribution in [0.15, 0.2) is 46.9 Å². The third-order valence-corrected chi connectivity index (χ3v) is 4.09. The highest BCUT2D eigenvalue weighted by atomic mass is 16.3. The van der Waals surface area contributed by atoms with E-state index in [1.54, 1.807) is 0 Å². The van der Waals surface area contributed by atoms with Crippen LogP contribution < -0.4 is 0 Å². The summed E-state index contributed by atoms with van der Waals surface area (Å²) in [7, 11) is 0. The van der Waals surface area contributed by atoms with E-state index < -0.39 is 0 Å². The van der Waals surface area contributed by atoms with E-state index in [-0.39, 0.29) is 11.9 Å². The van der Waals surface area contributed by atoms with Crippen molar-refractivity contribution in [2.75, 3.05) is 0 Å². The maximum atomic E-state index is 12.4. The molecule has 3 rings (SSSR count). The quantitative estimate of drug-likeness (QED) is 0.797. The number of carbonyl (C=O) groups is 1. The highest BCUT2D eigenvalue weighted by Gasteiger charge is 2.33. The van der Waals surface area contributed by atoms with Crippen LogP contribution in [0.3, 0.4) is 0 Å². The van der Waals surface area contributed by atoms with Crippen LogP contribution in [-0.4, -0.2) is 22.9 Å². The molecule has 0 atom stereocenters. The number of hydrogen-bond acceptors (Lipinski definition) is 2. The molecule has 1 aromatic heterocycles. The van der Waals surface area contributed by atoms with Crippen molar-refractivity contribution >= 4 is 5.91 Å². The number of furan rings is 1. The number of nitrogens with zero attached hydrogens (tertiary/aromatic N) is 1. The molecular formula is C19H23NO2. The average Bonchev–Trinajstić information content (AvgIpc) is 3.22. The molecule has 0 radical (unpaired) electrons. The molecule has 0 N–H and O–H groups in total. The molecule has 0 aliphatic heterocycles. The third kappa shape index (κ3) is 3.41.